The molecule has 0 aliphatic carbocycles. The predicted molar refractivity (Wildman–Crippen MR) is 106 cm³/mol. The van der Waals surface area contributed by atoms with E-state index in [0.717, 1.165) is 25.9 Å². The lowest BCUT2D eigenvalue weighted by Gasteiger charge is -2.32. The van der Waals surface area contributed by atoms with Crippen molar-refractivity contribution in [3.63, 3.8) is 0 Å². The maximum atomic E-state index is 13.4. The van der Waals surface area contributed by atoms with E-state index in [0.29, 0.717) is 11.9 Å². The van der Waals surface area contributed by atoms with E-state index in [-0.39, 0.29) is 23.5 Å². The molecular weight excluding hydrogens is 377 g/mol. The van der Waals surface area contributed by atoms with Gasteiger partial charge in [-0.1, -0.05) is 13.0 Å². The van der Waals surface area contributed by atoms with E-state index in [1.807, 2.05) is 4.90 Å². The summed E-state index contributed by atoms with van der Waals surface area (Å²) >= 11 is 0. The molecule has 1 saturated heterocycles. The quantitative estimate of drug-likeness (QED) is 0.734. The van der Waals surface area contributed by atoms with Crippen molar-refractivity contribution in [2.24, 2.45) is 5.92 Å². The van der Waals surface area contributed by atoms with Gasteiger partial charge in [-0.25, -0.2) is 4.39 Å². The Morgan fingerprint density at radius 2 is 2.17 bits per heavy atom. The van der Waals surface area contributed by atoms with Gasteiger partial charge in [-0.15, -0.1) is 0 Å². The number of benzene rings is 1. The van der Waals surface area contributed by atoms with Crippen LogP contribution < -0.4 is 21.1 Å². The number of aromatic nitrogens is 2. The minimum atomic E-state index is -1.01. The van der Waals surface area contributed by atoms with Crippen molar-refractivity contribution in [1.82, 2.24) is 9.97 Å². The van der Waals surface area contributed by atoms with Gasteiger partial charge in [0, 0.05) is 25.2 Å². The van der Waals surface area contributed by atoms with Gasteiger partial charge >= 0.3 is 0 Å². The standard InChI is InChI=1S/C20H22FN5O3/c1-11-4-3-7-26(10-11)20-24-17-16(19(29)25-20)14(9-15(27)23-17)18(28)22-13-6-2-5-12(21)8-13/h2,5-6,8,11,14H,3-4,7,9-10H2,1H3,(H,22,28)(H2,23,24,25,27,29)/t11-,14-/m1/s1. The number of nitrogens with zero attached hydrogens (tertiary/aromatic N) is 2. The molecule has 152 valence electrons. The van der Waals surface area contributed by atoms with Crippen molar-refractivity contribution < 1.29 is 14.0 Å². The number of aromatic amines is 1. The van der Waals surface area contributed by atoms with Crippen LogP contribution in [0.4, 0.5) is 21.8 Å². The normalized spacial score (nSPS) is 21.3. The van der Waals surface area contributed by atoms with Crippen LogP contribution in [0.25, 0.3) is 0 Å². The molecule has 0 spiro atoms. The van der Waals surface area contributed by atoms with Gasteiger partial charge in [-0.05, 0) is 37.0 Å². The van der Waals surface area contributed by atoms with Crippen LogP contribution in [0, 0.1) is 11.7 Å². The molecule has 0 saturated carbocycles. The van der Waals surface area contributed by atoms with E-state index in [1.165, 1.54) is 24.3 Å². The number of hydrogen-bond donors (Lipinski definition) is 3. The average molecular weight is 399 g/mol. The molecule has 3 N–H and O–H groups in total. The second-order valence-electron chi connectivity index (χ2n) is 7.65. The van der Waals surface area contributed by atoms with Gasteiger partial charge in [0.05, 0.1) is 11.5 Å². The number of rotatable bonds is 3. The predicted octanol–water partition coefficient (Wildman–Crippen LogP) is 2.21. The number of hydrogen-bond acceptors (Lipinski definition) is 5. The van der Waals surface area contributed by atoms with Gasteiger partial charge in [-0.2, -0.15) is 4.98 Å². The smallest absolute Gasteiger partial charge is 0.258 e. The first kappa shape index (κ1) is 19.1. The fourth-order valence-corrected chi connectivity index (χ4v) is 3.91. The summed E-state index contributed by atoms with van der Waals surface area (Å²) in [5.41, 5.74) is -0.0826. The van der Waals surface area contributed by atoms with Crippen LogP contribution in [-0.2, 0) is 9.59 Å². The number of fused-ring (bicyclic) bond motifs is 1. The van der Waals surface area contributed by atoms with Crippen molar-refractivity contribution >= 4 is 29.3 Å². The van der Waals surface area contributed by atoms with E-state index in [9.17, 15) is 18.8 Å². The van der Waals surface area contributed by atoms with Crippen molar-refractivity contribution in [2.45, 2.75) is 32.1 Å². The summed E-state index contributed by atoms with van der Waals surface area (Å²) in [6.45, 7) is 3.67. The van der Waals surface area contributed by atoms with Crippen LogP contribution in [0.5, 0.6) is 0 Å². The third-order valence-electron chi connectivity index (χ3n) is 5.30. The Kier molecular flexibility index (Phi) is 5.04. The summed E-state index contributed by atoms with van der Waals surface area (Å²) in [6.07, 6.45) is 1.93. The van der Waals surface area contributed by atoms with Crippen molar-refractivity contribution in [3.05, 3.63) is 46.0 Å². The van der Waals surface area contributed by atoms with Gasteiger partial charge in [0.15, 0.2) is 0 Å². The fraction of sp³-hybridized carbons (Fsp3) is 0.400. The highest BCUT2D eigenvalue weighted by Gasteiger charge is 2.35. The first-order valence-electron chi connectivity index (χ1n) is 9.66. The Hall–Kier alpha value is -3.23. The first-order valence-corrected chi connectivity index (χ1v) is 9.66. The molecule has 0 radical (unpaired) electrons. The molecule has 8 nitrogen and oxygen atoms in total. The highest BCUT2D eigenvalue weighted by atomic mass is 19.1. The molecule has 2 aromatic rings. The lowest BCUT2D eigenvalue weighted by Crippen LogP contribution is -2.40. The van der Waals surface area contributed by atoms with Gasteiger partial charge in [-0.3, -0.25) is 19.4 Å². The third kappa shape index (κ3) is 3.98. The molecule has 29 heavy (non-hydrogen) atoms. The lowest BCUT2D eigenvalue weighted by molar-refractivity contribution is -0.123. The zero-order valence-electron chi connectivity index (χ0n) is 16.0. The van der Waals surface area contributed by atoms with E-state index in [4.69, 9.17) is 0 Å². The molecule has 0 bridgehead atoms. The second kappa shape index (κ2) is 7.65. The summed E-state index contributed by atoms with van der Waals surface area (Å²) in [4.78, 5) is 47.0. The van der Waals surface area contributed by atoms with Gasteiger partial charge in [0.25, 0.3) is 5.56 Å². The van der Waals surface area contributed by atoms with Crippen LogP contribution in [0.3, 0.4) is 0 Å². The van der Waals surface area contributed by atoms with Crippen LogP contribution in [0.1, 0.15) is 37.7 Å². The number of halogens is 1. The number of amides is 2. The average Bonchev–Trinajstić information content (AvgIpc) is 2.67. The van der Waals surface area contributed by atoms with E-state index in [1.54, 1.807) is 0 Å². The summed E-state index contributed by atoms with van der Waals surface area (Å²) in [6, 6.07) is 5.43. The Morgan fingerprint density at radius 3 is 2.93 bits per heavy atom. The molecule has 2 aliphatic rings. The number of piperidine rings is 1. The Balaban J connectivity index is 1.65. The highest BCUT2D eigenvalue weighted by molar-refractivity contribution is 6.04. The molecule has 1 aromatic carbocycles. The molecule has 1 fully saturated rings. The minimum Gasteiger partial charge on any atom is -0.342 e. The molecule has 1 aromatic heterocycles. The number of H-pyrrole nitrogens is 1. The second-order valence-corrected chi connectivity index (χ2v) is 7.65. The van der Waals surface area contributed by atoms with Gasteiger partial charge in [0.1, 0.15) is 11.6 Å². The number of carbonyl (C=O) groups is 2. The van der Waals surface area contributed by atoms with Gasteiger partial charge in [0.2, 0.25) is 17.8 Å². The summed E-state index contributed by atoms with van der Waals surface area (Å²) < 4.78 is 13.4. The molecule has 3 heterocycles. The highest BCUT2D eigenvalue weighted by Crippen LogP contribution is 2.31. The lowest BCUT2D eigenvalue weighted by atomic mass is 9.92. The Bertz CT molecular complexity index is 1020. The number of nitrogens with one attached hydrogen (secondary N) is 3. The molecule has 2 amide bonds. The van der Waals surface area contributed by atoms with Crippen LogP contribution in [0.15, 0.2) is 29.1 Å². The summed E-state index contributed by atoms with van der Waals surface area (Å²) in [7, 11) is 0. The van der Waals surface area contributed by atoms with E-state index < -0.39 is 29.1 Å². The molecule has 4 rings (SSSR count). The molecule has 2 atom stereocenters. The van der Waals surface area contributed by atoms with E-state index >= 15 is 0 Å². The van der Waals surface area contributed by atoms with Gasteiger partial charge < -0.3 is 15.5 Å². The maximum absolute atomic E-state index is 13.4. The van der Waals surface area contributed by atoms with E-state index in [2.05, 4.69) is 27.5 Å². The SMILES string of the molecule is C[C@@H]1CCCN(c2nc3c(c(=O)[nH]2)[C@H](C(=O)Nc2cccc(F)c2)CC(=O)N3)C1. The molecule has 9 heteroatoms. The van der Waals surface area contributed by atoms with Crippen LogP contribution >= 0.6 is 0 Å². The topological polar surface area (TPSA) is 107 Å². The zero-order chi connectivity index (χ0) is 20.5. The summed E-state index contributed by atoms with van der Waals surface area (Å²) in [5.74, 6) is -1.47. The minimum absolute atomic E-state index is 0.109. The maximum Gasteiger partial charge on any atom is 0.258 e. The largest absolute Gasteiger partial charge is 0.342 e. The zero-order valence-corrected chi connectivity index (χ0v) is 16.0. The fourth-order valence-electron chi connectivity index (χ4n) is 3.91. The van der Waals surface area contributed by atoms with Crippen molar-refractivity contribution in [3.8, 4) is 0 Å². The Morgan fingerprint density at radius 1 is 1.34 bits per heavy atom. The van der Waals surface area contributed by atoms with Crippen molar-refractivity contribution in [1.29, 1.82) is 0 Å². The van der Waals surface area contributed by atoms with Crippen LogP contribution in [0.2, 0.25) is 0 Å². The number of carbonyl (C=O) groups excluding carboxylic acids is 2. The molecule has 2 aliphatic heterocycles. The number of anilines is 3. The summed E-state index contributed by atoms with van der Waals surface area (Å²) in [5, 5.41) is 5.19. The van der Waals surface area contributed by atoms with Crippen molar-refractivity contribution in [2.75, 3.05) is 28.6 Å². The molecule has 0 unspecified atom stereocenters. The third-order valence-corrected chi connectivity index (χ3v) is 5.30. The van der Waals surface area contributed by atoms with Crippen LogP contribution in [-0.4, -0.2) is 34.9 Å². The monoisotopic (exact) mass is 399 g/mol. The first-order chi connectivity index (χ1) is 13.9. The molecular formula is C20H22FN5O3. The Labute approximate surface area is 166 Å².